The second-order valence-corrected chi connectivity index (χ2v) is 15.5. The van der Waals surface area contributed by atoms with Gasteiger partial charge < -0.3 is 18.9 Å². The van der Waals surface area contributed by atoms with E-state index >= 15 is 0 Å². The number of halogens is 3. The number of fused-ring (bicyclic) bond motifs is 1. The van der Waals surface area contributed by atoms with E-state index < -0.39 is 46.3 Å². The molecule has 2 aromatic carbocycles. The molecule has 3 saturated heterocycles. The first-order chi connectivity index (χ1) is 19.0. The molecule has 2 bridgehead atoms. The molecule has 0 radical (unpaired) electrons. The van der Waals surface area contributed by atoms with Crippen LogP contribution < -0.4 is 4.74 Å². The van der Waals surface area contributed by atoms with Gasteiger partial charge in [-0.3, -0.25) is 9.35 Å². The van der Waals surface area contributed by atoms with Gasteiger partial charge in [0.25, 0.3) is 10.1 Å². The fourth-order valence-corrected chi connectivity index (χ4v) is 9.62. The van der Waals surface area contributed by atoms with Gasteiger partial charge in [0.1, 0.15) is 18.0 Å². The van der Waals surface area contributed by atoms with E-state index in [1.54, 1.807) is 12.1 Å². The highest BCUT2D eigenvalue weighted by Gasteiger charge is 2.68. The highest BCUT2D eigenvalue weighted by Crippen LogP contribution is 2.51. The minimum absolute atomic E-state index is 0.0464. The van der Waals surface area contributed by atoms with Gasteiger partial charge in [-0.05, 0) is 122 Å². The summed E-state index contributed by atoms with van der Waals surface area (Å²) < 4.78 is 60.4. The van der Waals surface area contributed by atoms with Crippen LogP contribution in [0.1, 0.15) is 53.9 Å². The predicted molar refractivity (Wildman–Crippen MR) is 167 cm³/mol. The number of carbonyl (C=O) groups is 2. The summed E-state index contributed by atoms with van der Waals surface area (Å²) in [6, 6.07) is 7.97. The van der Waals surface area contributed by atoms with Crippen LogP contribution in [-0.2, 0) is 29.1 Å². The molecule has 6 rings (SSSR count). The lowest BCUT2D eigenvalue weighted by Gasteiger charge is -2.29. The maximum atomic E-state index is 13.5. The third-order valence-corrected chi connectivity index (χ3v) is 12.9. The number of hydrogen-bond acceptors (Lipinski definition) is 8. The SMILES string of the molecule is O=C(OC1C2OCC3C2OC1C3C(=O)Oc1ccc(S(=O)(=O)O)c(C2CCCCC2)c1)c1cc(I)cc(I)c1I. The number of carbonyl (C=O) groups excluding carboxylic acids is 2. The zero-order valence-electron chi connectivity index (χ0n) is 20.9. The van der Waals surface area contributed by atoms with E-state index in [4.69, 9.17) is 18.9 Å². The van der Waals surface area contributed by atoms with Crippen molar-refractivity contribution in [3.8, 4) is 5.75 Å². The van der Waals surface area contributed by atoms with E-state index in [2.05, 4.69) is 67.8 Å². The molecule has 6 atom stereocenters. The maximum Gasteiger partial charge on any atom is 0.339 e. The summed E-state index contributed by atoms with van der Waals surface area (Å²) in [6.07, 6.45) is 2.29. The monoisotopic (exact) mass is 906 g/mol. The Hall–Kier alpha value is -0.600. The lowest BCUT2D eigenvalue weighted by atomic mass is 9.79. The molecule has 4 aliphatic rings. The van der Waals surface area contributed by atoms with Crippen molar-refractivity contribution in [1.29, 1.82) is 0 Å². The molecule has 6 unspecified atom stereocenters. The molecule has 0 amide bonds. The van der Waals surface area contributed by atoms with Gasteiger partial charge >= 0.3 is 11.9 Å². The Morgan fingerprint density at radius 3 is 2.45 bits per heavy atom. The number of hydrogen-bond donors (Lipinski definition) is 1. The molecule has 3 aliphatic heterocycles. The van der Waals surface area contributed by atoms with Gasteiger partial charge in [-0.25, -0.2) is 4.79 Å². The molecule has 4 fully saturated rings. The molecular formula is C27H25I3O9S. The second-order valence-electron chi connectivity index (χ2n) is 10.6. The van der Waals surface area contributed by atoms with Gasteiger partial charge in [-0.15, -0.1) is 0 Å². The first-order valence-electron chi connectivity index (χ1n) is 13.0. The average molecular weight is 906 g/mol. The van der Waals surface area contributed by atoms with Crippen LogP contribution in [0, 0.1) is 22.5 Å². The molecule has 0 spiro atoms. The second kappa shape index (κ2) is 11.5. The Balaban J connectivity index is 1.23. The minimum atomic E-state index is -4.44. The van der Waals surface area contributed by atoms with Gasteiger partial charge in [0.2, 0.25) is 0 Å². The van der Waals surface area contributed by atoms with Gasteiger partial charge in [0.05, 0.1) is 29.1 Å². The van der Waals surface area contributed by atoms with Crippen molar-refractivity contribution in [1.82, 2.24) is 0 Å². The summed E-state index contributed by atoms with van der Waals surface area (Å²) in [5.41, 5.74) is 0.914. The van der Waals surface area contributed by atoms with Crippen LogP contribution >= 0.6 is 67.8 Å². The predicted octanol–water partition coefficient (Wildman–Crippen LogP) is 5.34. The van der Waals surface area contributed by atoms with E-state index in [9.17, 15) is 22.6 Å². The summed E-state index contributed by atoms with van der Waals surface area (Å²) in [7, 11) is -4.44. The van der Waals surface area contributed by atoms with E-state index in [1.165, 1.54) is 12.1 Å². The fourth-order valence-electron chi connectivity index (χ4n) is 6.48. The number of esters is 2. The van der Waals surface area contributed by atoms with E-state index in [0.717, 1.165) is 42.8 Å². The normalized spacial score (nSPS) is 29.5. The summed E-state index contributed by atoms with van der Waals surface area (Å²) in [5.74, 6) is -1.83. The topological polar surface area (TPSA) is 125 Å². The third-order valence-electron chi connectivity index (χ3n) is 8.25. The number of ether oxygens (including phenoxy) is 4. The zero-order chi connectivity index (χ0) is 28.3. The molecule has 1 saturated carbocycles. The van der Waals surface area contributed by atoms with Crippen molar-refractivity contribution in [2.45, 2.75) is 67.3 Å². The van der Waals surface area contributed by atoms with Crippen molar-refractivity contribution in [2.24, 2.45) is 11.8 Å². The van der Waals surface area contributed by atoms with Crippen molar-refractivity contribution < 1.29 is 41.5 Å². The molecule has 40 heavy (non-hydrogen) atoms. The zero-order valence-corrected chi connectivity index (χ0v) is 28.2. The van der Waals surface area contributed by atoms with Gasteiger partial charge in [-0.1, -0.05) is 19.3 Å². The highest BCUT2D eigenvalue weighted by molar-refractivity contribution is 14.1. The average Bonchev–Trinajstić information content (AvgIpc) is 3.55. The standard InChI is InChI=1S/C27H25I3O9S/c28-13-8-16(21(30)18(29)9-13)26(31)39-25-23-20(17-11-36-24(25)22(17)38-23)27(32)37-14-6-7-19(40(33,34)35)15(10-14)12-4-2-1-3-5-12/h6-10,12,17,20,22-25H,1-5,11H2,(H,33,34,35). The van der Waals surface area contributed by atoms with Gasteiger partial charge in [-0.2, -0.15) is 8.42 Å². The van der Waals surface area contributed by atoms with Gasteiger partial charge in [0, 0.05) is 16.6 Å². The van der Waals surface area contributed by atoms with E-state index in [-0.39, 0.29) is 35.2 Å². The quantitative estimate of drug-likeness (QED) is 0.135. The smallest absolute Gasteiger partial charge is 0.339 e. The molecule has 214 valence electrons. The van der Waals surface area contributed by atoms with Crippen LogP contribution in [0.4, 0.5) is 0 Å². The first kappa shape index (κ1) is 29.5. The Labute approximate surface area is 272 Å². The lowest BCUT2D eigenvalue weighted by Crippen LogP contribution is -2.48. The van der Waals surface area contributed by atoms with Crippen molar-refractivity contribution in [2.75, 3.05) is 6.61 Å². The molecule has 2 aromatic rings. The molecule has 1 aliphatic carbocycles. The number of rotatable bonds is 6. The molecule has 13 heteroatoms. The lowest BCUT2D eigenvalue weighted by molar-refractivity contribution is -0.143. The summed E-state index contributed by atoms with van der Waals surface area (Å²) in [6.45, 7) is 0.285. The van der Waals surface area contributed by atoms with Crippen molar-refractivity contribution >= 4 is 89.8 Å². The summed E-state index contributed by atoms with van der Waals surface area (Å²) >= 11 is 6.45. The fraction of sp³-hybridized carbons (Fsp3) is 0.481. The minimum Gasteiger partial charge on any atom is -0.453 e. The van der Waals surface area contributed by atoms with E-state index in [0.29, 0.717) is 11.1 Å². The Morgan fingerprint density at radius 2 is 1.73 bits per heavy atom. The summed E-state index contributed by atoms with van der Waals surface area (Å²) in [5, 5.41) is 0. The van der Waals surface area contributed by atoms with E-state index in [1.807, 2.05) is 6.07 Å². The van der Waals surface area contributed by atoms with Crippen LogP contribution in [0.15, 0.2) is 35.2 Å². The number of benzene rings is 2. The molecule has 3 heterocycles. The Kier molecular flexibility index (Phi) is 8.46. The molecule has 1 N–H and O–H groups in total. The van der Waals surface area contributed by atoms with Crippen LogP contribution in [-0.4, -0.2) is 55.9 Å². The molecule has 9 nitrogen and oxygen atoms in total. The van der Waals surface area contributed by atoms with Crippen LogP contribution in [0.2, 0.25) is 0 Å². The maximum absolute atomic E-state index is 13.5. The van der Waals surface area contributed by atoms with Crippen LogP contribution in [0.25, 0.3) is 0 Å². The van der Waals surface area contributed by atoms with Crippen molar-refractivity contribution in [3.63, 3.8) is 0 Å². The Bertz CT molecular complexity index is 1470. The molecule has 0 aromatic heterocycles. The molecular weight excluding hydrogens is 881 g/mol. The Morgan fingerprint density at radius 1 is 0.975 bits per heavy atom. The van der Waals surface area contributed by atoms with Gasteiger partial charge in [0.15, 0.2) is 6.10 Å². The highest BCUT2D eigenvalue weighted by atomic mass is 127. The third kappa shape index (κ3) is 5.44. The van der Waals surface area contributed by atoms with Crippen LogP contribution in [0.3, 0.4) is 0 Å². The van der Waals surface area contributed by atoms with Crippen molar-refractivity contribution in [3.05, 3.63) is 52.2 Å². The summed E-state index contributed by atoms with van der Waals surface area (Å²) in [4.78, 5) is 26.6. The van der Waals surface area contributed by atoms with Crippen LogP contribution in [0.5, 0.6) is 5.75 Å². The largest absolute Gasteiger partial charge is 0.453 e. The first-order valence-corrected chi connectivity index (χ1v) is 17.7.